The van der Waals surface area contributed by atoms with E-state index in [1.54, 1.807) is 0 Å². The van der Waals surface area contributed by atoms with Crippen molar-refractivity contribution in [3.8, 4) is 0 Å². The number of Topliss-reactive ketones (excluding diaryl/α,β-unsaturated/α-hetero) is 1. The predicted octanol–water partition coefficient (Wildman–Crippen LogP) is 6.43. The second kappa shape index (κ2) is 6.99. The van der Waals surface area contributed by atoms with E-state index in [1.807, 2.05) is 68.7 Å². The first kappa shape index (κ1) is 18.7. The molecule has 0 bridgehead atoms. The Hall–Kier alpha value is -4.05. The number of aryl methyl sites for hydroxylation is 2. The van der Waals surface area contributed by atoms with E-state index >= 15 is 0 Å². The number of nitrogens with zero attached hydrogens (tertiary/aromatic N) is 2. The summed E-state index contributed by atoms with van der Waals surface area (Å²) in [5.41, 5.74) is 4.91. The molecule has 0 aliphatic rings. The van der Waals surface area contributed by atoms with Crippen molar-refractivity contribution in [2.45, 2.75) is 5.92 Å². The van der Waals surface area contributed by atoms with Crippen LogP contribution >= 0.6 is 0 Å². The number of ketones is 1. The highest BCUT2D eigenvalue weighted by Gasteiger charge is 2.31. The number of rotatable bonds is 4. The van der Waals surface area contributed by atoms with Crippen molar-refractivity contribution >= 4 is 38.6 Å². The maximum Gasteiger partial charge on any atom is 0.210 e. The molecule has 3 aromatic carbocycles. The zero-order valence-corrected chi connectivity index (χ0v) is 17.9. The Bertz CT molecular complexity index is 1520. The molecule has 4 heteroatoms. The van der Waals surface area contributed by atoms with Gasteiger partial charge >= 0.3 is 0 Å². The van der Waals surface area contributed by atoms with Gasteiger partial charge in [0.1, 0.15) is 5.58 Å². The van der Waals surface area contributed by atoms with Gasteiger partial charge in [-0.15, -0.1) is 0 Å². The van der Waals surface area contributed by atoms with Gasteiger partial charge < -0.3 is 13.6 Å². The molecule has 0 atom stereocenters. The van der Waals surface area contributed by atoms with Gasteiger partial charge in [0, 0.05) is 53.7 Å². The summed E-state index contributed by atoms with van der Waals surface area (Å²) in [6, 6.07) is 26.1. The van der Waals surface area contributed by atoms with Gasteiger partial charge in [-0.25, -0.2) is 0 Å². The molecule has 0 radical (unpaired) electrons. The van der Waals surface area contributed by atoms with Gasteiger partial charge in [0.15, 0.2) is 5.76 Å². The molecule has 3 heterocycles. The highest BCUT2D eigenvalue weighted by Crippen LogP contribution is 2.39. The zero-order chi connectivity index (χ0) is 21.8. The first-order chi connectivity index (χ1) is 15.6. The number of aromatic nitrogens is 2. The maximum absolute atomic E-state index is 14.1. The monoisotopic (exact) mass is 418 g/mol. The van der Waals surface area contributed by atoms with Crippen molar-refractivity contribution in [1.82, 2.24) is 9.13 Å². The maximum atomic E-state index is 14.1. The van der Waals surface area contributed by atoms with Crippen molar-refractivity contribution in [2.24, 2.45) is 14.1 Å². The lowest BCUT2D eigenvalue weighted by Gasteiger charge is -2.14. The molecule has 0 saturated heterocycles. The third-order valence-electron chi connectivity index (χ3n) is 6.41. The van der Waals surface area contributed by atoms with Gasteiger partial charge in [0.2, 0.25) is 5.78 Å². The van der Waals surface area contributed by atoms with Crippen LogP contribution < -0.4 is 0 Å². The van der Waals surface area contributed by atoms with E-state index in [9.17, 15) is 4.79 Å². The zero-order valence-electron chi connectivity index (χ0n) is 17.9. The second-order valence-corrected chi connectivity index (χ2v) is 8.37. The predicted molar refractivity (Wildman–Crippen MR) is 128 cm³/mol. The Labute approximate surface area is 185 Å². The van der Waals surface area contributed by atoms with E-state index in [0.717, 1.165) is 43.9 Å². The third-order valence-corrected chi connectivity index (χ3v) is 6.41. The van der Waals surface area contributed by atoms with Crippen LogP contribution in [0, 0.1) is 0 Å². The fourth-order valence-electron chi connectivity index (χ4n) is 4.90. The minimum absolute atomic E-state index is 0.0334. The van der Waals surface area contributed by atoms with Crippen LogP contribution in [0.15, 0.2) is 95.7 Å². The van der Waals surface area contributed by atoms with E-state index in [0.29, 0.717) is 5.76 Å². The van der Waals surface area contributed by atoms with E-state index in [2.05, 4.69) is 45.8 Å². The summed E-state index contributed by atoms with van der Waals surface area (Å²) >= 11 is 0. The Kier molecular flexibility index (Phi) is 4.08. The van der Waals surface area contributed by atoms with Crippen LogP contribution in [-0.2, 0) is 14.1 Å². The van der Waals surface area contributed by atoms with E-state index in [4.69, 9.17) is 4.42 Å². The Morgan fingerprint density at radius 2 is 1.28 bits per heavy atom. The Balaban J connectivity index is 1.63. The second-order valence-electron chi connectivity index (χ2n) is 8.37. The summed E-state index contributed by atoms with van der Waals surface area (Å²) in [7, 11) is 4.05. The van der Waals surface area contributed by atoms with Gasteiger partial charge in [-0.1, -0.05) is 54.6 Å². The first-order valence-corrected chi connectivity index (χ1v) is 10.7. The molecular weight excluding hydrogens is 396 g/mol. The van der Waals surface area contributed by atoms with Crippen molar-refractivity contribution in [3.63, 3.8) is 0 Å². The topological polar surface area (TPSA) is 40.1 Å². The van der Waals surface area contributed by atoms with Crippen molar-refractivity contribution < 1.29 is 9.21 Å². The van der Waals surface area contributed by atoms with Gasteiger partial charge in [0.25, 0.3) is 0 Å². The Morgan fingerprint density at radius 1 is 0.750 bits per heavy atom. The average Bonchev–Trinajstić information content (AvgIpc) is 3.49. The number of hydrogen-bond acceptors (Lipinski definition) is 2. The molecule has 3 aromatic heterocycles. The van der Waals surface area contributed by atoms with Crippen LogP contribution in [0.4, 0.5) is 0 Å². The standard InChI is InChI=1S/C28H22N2O2/c1-29-16-21(19-10-4-6-12-23(19)29)27(22-17-30(2)24-13-7-5-11-20(22)24)28(31)26-15-18-9-3-8-14-25(18)32-26/h3-17,27H,1-2H3. The summed E-state index contributed by atoms with van der Waals surface area (Å²) < 4.78 is 10.2. The van der Waals surface area contributed by atoms with Gasteiger partial charge in [-0.2, -0.15) is 0 Å². The number of fused-ring (bicyclic) bond motifs is 3. The molecule has 0 aliphatic carbocycles. The number of carbonyl (C=O) groups is 1. The lowest BCUT2D eigenvalue weighted by atomic mass is 9.86. The van der Waals surface area contributed by atoms with Crippen molar-refractivity contribution in [1.29, 1.82) is 0 Å². The lowest BCUT2D eigenvalue weighted by molar-refractivity contribution is 0.0949. The van der Waals surface area contributed by atoms with Crippen LogP contribution in [0.5, 0.6) is 0 Å². The van der Waals surface area contributed by atoms with Crippen LogP contribution in [-0.4, -0.2) is 14.9 Å². The van der Waals surface area contributed by atoms with E-state index < -0.39 is 5.92 Å². The molecule has 4 nitrogen and oxygen atoms in total. The Morgan fingerprint density at radius 3 is 1.88 bits per heavy atom. The molecule has 0 fully saturated rings. The van der Waals surface area contributed by atoms with Crippen LogP contribution in [0.3, 0.4) is 0 Å². The number of hydrogen-bond donors (Lipinski definition) is 0. The van der Waals surface area contributed by atoms with E-state index in [1.165, 1.54) is 0 Å². The number of benzene rings is 3. The number of para-hydroxylation sites is 3. The molecule has 6 aromatic rings. The van der Waals surface area contributed by atoms with Gasteiger partial charge in [0.05, 0.1) is 5.92 Å². The summed E-state index contributed by atoms with van der Waals surface area (Å²) in [5, 5.41) is 3.10. The smallest absolute Gasteiger partial charge is 0.210 e. The molecule has 0 N–H and O–H groups in total. The molecule has 0 aliphatic heterocycles. The van der Waals surface area contributed by atoms with Gasteiger partial charge in [-0.3, -0.25) is 4.79 Å². The average molecular weight is 418 g/mol. The molecule has 6 rings (SSSR count). The molecule has 32 heavy (non-hydrogen) atoms. The summed E-state index contributed by atoms with van der Waals surface area (Å²) in [5.74, 6) is -0.126. The van der Waals surface area contributed by atoms with Crippen LogP contribution in [0.25, 0.3) is 32.8 Å². The number of carbonyl (C=O) groups excluding carboxylic acids is 1. The molecular formula is C28H22N2O2. The highest BCUT2D eigenvalue weighted by molar-refractivity contribution is 6.08. The number of furan rings is 1. The first-order valence-electron chi connectivity index (χ1n) is 10.7. The fourth-order valence-corrected chi connectivity index (χ4v) is 4.90. The SMILES string of the molecule is Cn1cc(C(C(=O)c2cc3ccccc3o2)c2cn(C)c3ccccc23)c2ccccc21. The van der Waals surface area contributed by atoms with Crippen LogP contribution in [0.2, 0.25) is 0 Å². The fraction of sp³-hybridized carbons (Fsp3) is 0.107. The normalized spacial score (nSPS) is 11.8. The molecule has 0 amide bonds. The minimum Gasteiger partial charge on any atom is -0.453 e. The quantitative estimate of drug-likeness (QED) is 0.310. The minimum atomic E-state index is -0.479. The summed E-state index contributed by atoms with van der Waals surface area (Å²) in [6.07, 6.45) is 4.16. The van der Waals surface area contributed by atoms with Crippen LogP contribution in [0.1, 0.15) is 27.6 Å². The van der Waals surface area contributed by atoms with Crippen molar-refractivity contribution in [3.05, 3.63) is 108 Å². The summed E-state index contributed by atoms with van der Waals surface area (Å²) in [4.78, 5) is 14.1. The molecule has 0 spiro atoms. The highest BCUT2D eigenvalue weighted by atomic mass is 16.3. The molecule has 0 unspecified atom stereocenters. The van der Waals surface area contributed by atoms with E-state index in [-0.39, 0.29) is 5.78 Å². The summed E-state index contributed by atoms with van der Waals surface area (Å²) in [6.45, 7) is 0. The largest absolute Gasteiger partial charge is 0.453 e. The van der Waals surface area contributed by atoms with Crippen molar-refractivity contribution in [2.75, 3.05) is 0 Å². The molecule has 156 valence electrons. The third kappa shape index (κ3) is 2.73. The molecule has 0 saturated carbocycles. The lowest BCUT2D eigenvalue weighted by Crippen LogP contribution is -2.13. The van der Waals surface area contributed by atoms with Gasteiger partial charge in [-0.05, 0) is 35.4 Å².